The molecule has 0 spiro atoms. The summed E-state index contributed by atoms with van der Waals surface area (Å²) >= 11 is 0. The minimum Gasteiger partial charge on any atom is -0.478 e. The van der Waals surface area contributed by atoms with E-state index in [1.807, 2.05) is 24.3 Å². The highest BCUT2D eigenvalue weighted by atomic mass is 16.5. The van der Waals surface area contributed by atoms with Crippen molar-refractivity contribution >= 4 is 17.5 Å². The second-order valence-corrected chi connectivity index (χ2v) is 6.85. The predicted molar refractivity (Wildman–Crippen MR) is 109 cm³/mol. The average Bonchev–Trinajstić information content (AvgIpc) is 2.72. The van der Waals surface area contributed by atoms with Gasteiger partial charge in [-0.3, -0.25) is 14.5 Å². The van der Waals surface area contributed by atoms with Crippen molar-refractivity contribution in [1.29, 1.82) is 0 Å². The first kappa shape index (κ1) is 19.9. The highest BCUT2D eigenvalue weighted by Crippen LogP contribution is 2.29. The van der Waals surface area contributed by atoms with E-state index in [0.29, 0.717) is 18.0 Å². The number of carbonyl (C=O) groups is 2. The van der Waals surface area contributed by atoms with Gasteiger partial charge in [0.2, 0.25) is 5.91 Å². The molecule has 6 heteroatoms. The zero-order valence-electron chi connectivity index (χ0n) is 16.4. The van der Waals surface area contributed by atoms with Gasteiger partial charge in [-0.15, -0.1) is 0 Å². The molecule has 0 saturated heterocycles. The molecule has 0 radical (unpaired) electrons. The molecule has 3 rings (SSSR count). The third kappa shape index (κ3) is 5.10. The van der Waals surface area contributed by atoms with Crippen molar-refractivity contribution in [2.45, 2.75) is 39.5 Å². The van der Waals surface area contributed by atoms with Crippen molar-refractivity contribution in [2.75, 3.05) is 18.4 Å². The number of nitrogens with zero attached hydrogens (tertiary/aromatic N) is 1. The number of carbonyl (C=O) groups excluding carboxylic acids is 2. The van der Waals surface area contributed by atoms with Gasteiger partial charge >= 0.3 is 0 Å². The molecule has 0 aliphatic carbocycles. The van der Waals surface area contributed by atoms with Crippen LogP contribution in [0.3, 0.4) is 0 Å². The number of para-hydroxylation sites is 2. The highest BCUT2D eigenvalue weighted by molar-refractivity contribution is 5.99. The van der Waals surface area contributed by atoms with Gasteiger partial charge in [0.15, 0.2) is 6.10 Å². The molecule has 2 aromatic carbocycles. The molecule has 1 heterocycles. The second kappa shape index (κ2) is 9.37. The van der Waals surface area contributed by atoms with E-state index in [-0.39, 0.29) is 18.2 Å². The minimum atomic E-state index is -0.814. The Morgan fingerprint density at radius 1 is 1.07 bits per heavy atom. The molecule has 28 heavy (non-hydrogen) atoms. The molecule has 2 amide bonds. The van der Waals surface area contributed by atoms with Gasteiger partial charge in [0.05, 0.1) is 12.1 Å². The van der Waals surface area contributed by atoms with Crippen molar-refractivity contribution in [2.24, 2.45) is 0 Å². The van der Waals surface area contributed by atoms with Crippen LogP contribution >= 0.6 is 0 Å². The quantitative estimate of drug-likeness (QED) is 0.738. The molecule has 2 N–H and O–H groups in total. The molecule has 0 saturated carbocycles. The summed E-state index contributed by atoms with van der Waals surface area (Å²) in [5.41, 5.74) is 2.91. The molecule has 148 valence electrons. The van der Waals surface area contributed by atoms with Crippen LogP contribution in [-0.4, -0.2) is 35.9 Å². The fourth-order valence-corrected chi connectivity index (χ4v) is 3.14. The van der Waals surface area contributed by atoms with Crippen LogP contribution < -0.4 is 15.4 Å². The lowest BCUT2D eigenvalue weighted by Gasteiger charge is -2.25. The van der Waals surface area contributed by atoms with E-state index < -0.39 is 6.10 Å². The molecule has 0 aromatic heterocycles. The summed E-state index contributed by atoms with van der Waals surface area (Å²) in [4.78, 5) is 26.7. The maximum Gasteiger partial charge on any atom is 0.266 e. The van der Waals surface area contributed by atoms with Crippen LogP contribution in [0.25, 0.3) is 0 Å². The van der Waals surface area contributed by atoms with Crippen molar-refractivity contribution in [3.63, 3.8) is 0 Å². The Balaban J connectivity index is 1.49. The third-order valence-corrected chi connectivity index (χ3v) is 4.89. The lowest BCUT2D eigenvalue weighted by atomic mass is 10.1. The third-order valence-electron chi connectivity index (χ3n) is 4.89. The first-order chi connectivity index (χ1) is 13.6. The van der Waals surface area contributed by atoms with Gasteiger partial charge < -0.3 is 15.4 Å². The van der Waals surface area contributed by atoms with Gasteiger partial charge in [0.25, 0.3) is 5.91 Å². The lowest BCUT2D eigenvalue weighted by Crippen LogP contribution is -2.40. The zero-order chi connectivity index (χ0) is 19.9. The molecule has 2 aromatic rings. The van der Waals surface area contributed by atoms with E-state index in [0.717, 1.165) is 25.2 Å². The first-order valence-electron chi connectivity index (χ1n) is 9.72. The Kier molecular flexibility index (Phi) is 6.66. The lowest BCUT2D eigenvalue weighted by molar-refractivity contribution is -0.130. The average molecular weight is 381 g/mol. The molecule has 0 fully saturated rings. The van der Waals surface area contributed by atoms with Gasteiger partial charge in [-0.25, -0.2) is 0 Å². The van der Waals surface area contributed by atoms with E-state index in [1.54, 1.807) is 12.1 Å². The summed E-state index contributed by atoms with van der Waals surface area (Å²) < 4.78 is 5.66. The van der Waals surface area contributed by atoms with E-state index in [4.69, 9.17) is 4.74 Å². The maximum atomic E-state index is 12.3. The Bertz CT molecular complexity index is 816. The first-order valence-corrected chi connectivity index (χ1v) is 9.72. The zero-order valence-corrected chi connectivity index (χ0v) is 16.4. The summed E-state index contributed by atoms with van der Waals surface area (Å²) in [6.07, 6.45) is -0.827. The molecular weight excluding hydrogens is 354 g/mol. The van der Waals surface area contributed by atoms with Crippen LogP contribution in [0.1, 0.15) is 31.4 Å². The number of fused-ring (bicyclic) bond motifs is 1. The SMILES string of the molecule is CCN(CC)Cc1ccc(CNC(=O)C[C@H]2Oc3ccccc3NC2=O)cc1. The highest BCUT2D eigenvalue weighted by Gasteiger charge is 2.29. The van der Waals surface area contributed by atoms with Crippen molar-refractivity contribution in [3.05, 3.63) is 59.7 Å². The number of ether oxygens (including phenoxy) is 1. The van der Waals surface area contributed by atoms with Gasteiger partial charge in [-0.05, 0) is 36.3 Å². The van der Waals surface area contributed by atoms with Crippen LogP contribution in [0.2, 0.25) is 0 Å². The van der Waals surface area contributed by atoms with Crippen LogP contribution in [0.4, 0.5) is 5.69 Å². The number of hydrogen-bond donors (Lipinski definition) is 2. The van der Waals surface area contributed by atoms with Gasteiger partial charge in [-0.2, -0.15) is 0 Å². The minimum absolute atomic E-state index is 0.0137. The van der Waals surface area contributed by atoms with Gasteiger partial charge in [0, 0.05) is 13.1 Å². The fraction of sp³-hybridized carbons (Fsp3) is 0.364. The number of amides is 2. The number of benzene rings is 2. The summed E-state index contributed by atoms with van der Waals surface area (Å²) in [6, 6.07) is 15.4. The number of nitrogens with one attached hydrogen (secondary N) is 2. The van der Waals surface area contributed by atoms with Crippen molar-refractivity contribution in [3.8, 4) is 5.75 Å². The molecular formula is C22H27N3O3. The molecule has 6 nitrogen and oxygen atoms in total. The number of rotatable bonds is 8. The van der Waals surface area contributed by atoms with Gasteiger partial charge in [0.1, 0.15) is 5.75 Å². The van der Waals surface area contributed by atoms with Crippen LogP contribution in [0.5, 0.6) is 5.75 Å². The van der Waals surface area contributed by atoms with Crippen molar-refractivity contribution in [1.82, 2.24) is 10.2 Å². The van der Waals surface area contributed by atoms with E-state index in [1.165, 1.54) is 5.56 Å². The second-order valence-electron chi connectivity index (χ2n) is 6.85. The molecule has 1 aliphatic rings. The standard InChI is InChI=1S/C22H27N3O3/c1-3-25(4-2)15-17-11-9-16(10-12-17)14-23-21(26)13-20-22(27)24-18-7-5-6-8-19(18)28-20/h5-12,20H,3-4,13-15H2,1-2H3,(H,23,26)(H,24,27)/t20-/m1/s1. The van der Waals surface area contributed by atoms with E-state index in [9.17, 15) is 9.59 Å². The van der Waals surface area contributed by atoms with Gasteiger partial charge in [-0.1, -0.05) is 50.2 Å². The Labute approximate surface area is 165 Å². The predicted octanol–water partition coefficient (Wildman–Crippen LogP) is 2.93. The molecule has 1 atom stereocenters. The number of hydrogen-bond acceptors (Lipinski definition) is 4. The van der Waals surface area contributed by atoms with E-state index >= 15 is 0 Å². The molecule has 1 aliphatic heterocycles. The molecule has 0 bridgehead atoms. The summed E-state index contributed by atoms with van der Waals surface area (Å²) in [6.45, 7) is 7.71. The normalized spacial score (nSPS) is 15.5. The number of anilines is 1. The summed E-state index contributed by atoms with van der Waals surface area (Å²) in [5, 5.41) is 5.64. The topological polar surface area (TPSA) is 70.7 Å². The Hall–Kier alpha value is -2.86. The Morgan fingerprint density at radius 3 is 2.46 bits per heavy atom. The largest absolute Gasteiger partial charge is 0.478 e. The summed E-state index contributed by atoms with van der Waals surface area (Å²) in [5.74, 6) is 0.0741. The maximum absolute atomic E-state index is 12.3. The van der Waals surface area contributed by atoms with Crippen LogP contribution in [0.15, 0.2) is 48.5 Å². The van der Waals surface area contributed by atoms with Crippen LogP contribution in [-0.2, 0) is 22.7 Å². The monoisotopic (exact) mass is 381 g/mol. The fourth-order valence-electron chi connectivity index (χ4n) is 3.14. The van der Waals surface area contributed by atoms with Crippen LogP contribution in [0, 0.1) is 0 Å². The molecule has 0 unspecified atom stereocenters. The smallest absolute Gasteiger partial charge is 0.266 e. The summed E-state index contributed by atoms with van der Waals surface area (Å²) in [7, 11) is 0. The van der Waals surface area contributed by atoms with Crippen molar-refractivity contribution < 1.29 is 14.3 Å². The van der Waals surface area contributed by atoms with E-state index in [2.05, 4.69) is 41.5 Å². The Morgan fingerprint density at radius 2 is 1.75 bits per heavy atom.